The van der Waals surface area contributed by atoms with Crippen molar-refractivity contribution in [1.82, 2.24) is 9.55 Å². The van der Waals surface area contributed by atoms with Crippen molar-refractivity contribution in [2.45, 2.75) is 19.0 Å². The van der Waals surface area contributed by atoms with Gasteiger partial charge >= 0.3 is 0 Å². The lowest BCUT2D eigenvalue weighted by Crippen LogP contribution is -2.19. The van der Waals surface area contributed by atoms with Crippen LogP contribution in [0.4, 0.5) is 0 Å². The van der Waals surface area contributed by atoms with Crippen molar-refractivity contribution in [2.24, 2.45) is 0 Å². The lowest BCUT2D eigenvalue weighted by atomic mass is 10.2. The largest absolute Gasteiger partial charge is 0.493 e. The van der Waals surface area contributed by atoms with Crippen molar-refractivity contribution >= 4 is 0 Å². The SMILES string of the molecule is C=CC(C/C(=C/OCCn1ccnc1)[N+](=O)[O-])[N+](=O)[O-]. The van der Waals surface area contributed by atoms with E-state index in [0.717, 1.165) is 12.3 Å². The molecule has 20 heavy (non-hydrogen) atoms. The average molecular weight is 282 g/mol. The van der Waals surface area contributed by atoms with Gasteiger partial charge < -0.3 is 9.30 Å². The Morgan fingerprint density at radius 1 is 1.50 bits per heavy atom. The van der Waals surface area contributed by atoms with Crippen LogP contribution in [0.2, 0.25) is 0 Å². The first-order valence-corrected chi connectivity index (χ1v) is 5.71. The van der Waals surface area contributed by atoms with Gasteiger partial charge in [-0.3, -0.25) is 20.2 Å². The number of rotatable bonds is 9. The van der Waals surface area contributed by atoms with Gasteiger partial charge in [0.2, 0.25) is 6.04 Å². The van der Waals surface area contributed by atoms with Crippen LogP contribution in [0.15, 0.2) is 43.3 Å². The maximum atomic E-state index is 10.8. The van der Waals surface area contributed by atoms with Crippen LogP contribution in [0, 0.1) is 20.2 Å². The molecule has 1 aromatic rings. The average Bonchev–Trinajstić information content (AvgIpc) is 2.90. The molecule has 0 spiro atoms. The van der Waals surface area contributed by atoms with E-state index in [1.807, 2.05) is 0 Å². The highest BCUT2D eigenvalue weighted by atomic mass is 16.6. The highest BCUT2D eigenvalue weighted by molar-refractivity contribution is 4.94. The summed E-state index contributed by atoms with van der Waals surface area (Å²) < 4.78 is 6.79. The molecule has 0 amide bonds. The molecule has 9 nitrogen and oxygen atoms in total. The topological polar surface area (TPSA) is 113 Å². The Kier molecular flexibility index (Phi) is 5.88. The first-order chi connectivity index (χ1) is 9.54. The van der Waals surface area contributed by atoms with Gasteiger partial charge in [0.25, 0.3) is 5.70 Å². The van der Waals surface area contributed by atoms with Crippen LogP contribution >= 0.6 is 0 Å². The molecule has 1 atom stereocenters. The zero-order valence-electron chi connectivity index (χ0n) is 10.6. The van der Waals surface area contributed by atoms with E-state index in [4.69, 9.17) is 4.74 Å². The molecule has 0 aliphatic heterocycles. The molecule has 1 heterocycles. The zero-order chi connectivity index (χ0) is 15.0. The first kappa shape index (κ1) is 15.3. The van der Waals surface area contributed by atoms with Crippen molar-refractivity contribution in [1.29, 1.82) is 0 Å². The van der Waals surface area contributed by atoms with Gasteiger partial charge in [0.15, 0.2) is 6.26 Å². The molecule has 1 unspecified atom stereocenters. The molecule has 0 N–H and O–H groups in total. The van der Waals surface area contributed by atoms with Gasteiger partial charge in [0.1, 0.15) is 13.0 Å². The van der Waals surface area contributed by atoms with Crippen molar-refractivity contribution < 1.29 is 14.6 Å². The third kappa shape index (κ3) is 4.88. The molecule has 0 aromatic carbocycles. The molecule has 0 aliphatic rings. The molecule has 0 saturated carbocycles. The Labute approximate surface area is 114 Å². The van der Waals surface area contributed by atoms with E-state index in [1.165, 1.54) is 0 Å². The van der Waals surface area contributed by atoms with Gasteiger partial charge in [-0.25, -0.2) is 4.98 Å². The summed E-state index contributed by atoms with van der Waals surface area (Å²) in [7, 11) is 0. The van der Waals surface area contributed by atoms with E-state index in [2.05, 4.69) is 11.6 Å². The predicted molar refractivity (Wildman–Crippen MR) is 68.9 cm³/mol. The standard InChI is InChI=1S/C11H14N4O5/c1-2-10(14(16)17)7-11(15(18)19)8-20-6-5-13-4-3-12-9-13/h2-4,8-10H,1,5-7H2/b11-8-. The van der Waals surface area contributed by atoms with Crippen molar-refractivity contribution in [2.75, 3.05) is 6.61 Å². The lowest BCUT2D eigenvalue weighted by molar-refractivity contribution is -0.517. The van der Waals surface area contributed by atoms with Crippen molar-refractivity contribution in [3.63, 3.8) is 0 Å². The summed E-state index contributed by atoms with van der Waals surface area (Å²) in [4.78, 5) is 23.9. The van der Waals surface area contributed by atoms with Gasteiger partial charge in [-0.1, -0.05) is 6.58 Å². The van der Waals surface area contributed by atoms with Gasteiger partial charge in [0.05, 0.1) is 17.8 Å². The van der Waals surface area contributed by atoms with Crippen molar-refractivity contribution in [3.8, 4) is 0 Å². The normalized spacial score (nSPS) is 12.7. The summed E-state index contributed by atoms with van der Waals surface area (Å²) in [6.45, 7) is 3.96. The summed E-state index contributed by atoms with van der Waals surface area (Å²) in [6.07, 6.45) is 6.54. The number of ether oxygens (including phenoxy) is 1. The number of imidazole rings is 1. The zero-order valence-corrected chi connectivity index (χ0v) is 10.6. The lowest BCUT2D eigenvalue weighted by Gasteiger charge is -2.04. The Balaban J connectivity index is 2.52. The number of nitrogens with zero attached hydrogens (tertiary/aromatic N) is 4. The van der Waals surface area contributed by atoms with Gasteiger partial charge in [-0.15, -0.1) is 0 Å². The van der Waals surface area contributed by atoms with Gasteiger partial charge in [-0.05, 0) is 6.08 Å². The van der Waals surface area contributed by atoms with E-state index in [9.17, 15) is 20.2 Å². The minimum atomic E-state index is -1.20. The summed E-state index contributed by atoms with van der Waals surface area (Å²) in [5.41, 5.74) is -0.364. The van der Waals surface area contributed by atoms with Gasteiger partial charge in [0, 0.05) is 17.3 Å². The van der Waals surface area contributed by atoms with Gasteiger partial charge in [-0.2, -0.15) is 0 Å². The molecule has 108 valence electrons. The molecular formula is C11H14N4O5. The first-order valence-electron chi connectivity index (χ1n) is 5.71. The quantitative estimate of drug-likeness (QED) is 0.221. The van der Waals surface area contributed by atoms with Crippen LogP contribution in [-0.4, -0.2) is 32.0 Å². The molecular weight excluding hydrogens is 268 g/mol. The maximum absolute atomic E-state index is 10.8. The molecule has 0 radical (unpaired) electrons. The third-order valence-corrected chi connectivity index (χ3v) is 2.44. The van der Waals surface area contributed by atoms with Crippen LogP contribution in [0.3, 0.4) is 0 Å². The monoisotopic (exact) mass is 282 g/mol. The Hall–Kier alpha value is -2.71. The Bertz CT molecular complexity index is 497. The van der Waals surface area contributed by atoms with E-state index in [1.54, 1.807) is 23.3 Å². The van der Waals surface area contributed by atoms with E-state index >= 15 is 0 Å². The molecule has 0 saturated heterocycles. The fourth-order valence-electron chi connectivity index (χ4n) is 1.36. The number of hydrogen-bond acceptors (Lipinski definition) is 6. The second kappa shape index (κ2) is 7.67. The van der Waals surface area contributed by atoms with E-state index in [0.29, 0.717) is 6.54 Å². The molecule has 1 rings (SSSR count). The second-order valence-electron chi connectivity index (χ2n) is 3.83. The smallest absolute Gasteiger partial charge is 0.287 e. The Morgan fingerprint density at radius 2 is 2.25 bits per heavy atom. The molecule has 9 heteroatoms. The van der Waals surface area contributed by atoms with Crippen LogP contribution in [0.5, 0.6) is 0 Å². The highest BCUT2D eigenvalue weighted by Crippen LogP contribution is 2.10. The van der Waals surface area contributed by atoms with Crippen LogP contribution in [0.1, 0.15) is 6.42 Å². The van der Waals surface area contributed by atoms with E-state index in [-0.39, 0.29) is 18.7 Å². The summed E-state index contributed by atoms with van der Waals surface area (Å²) >= 11 is 0. The highest BCUT2D eigenvalue weighted by Gasteiger charge is 2.24. The van der Waals surface area contributed by atoms with Crippen LogP contribution < -0.4 is 0 Å². The minimum Gasteiger partial charge on any atom is -0.493 e. The summed E-state index contributed by atoms with van der Waals surface area (Å²) in [5.74, 6) is 0. The van der Waals surface area contributed by atoms with Crippen LogP contribution in [0.25, 0.3) is 0 Å². The van der Waals surface area contributed by atoms with Crippen LogP contribution in [-0.2, 0) is 11.3 Å². The minimum absolute atomic E-state index is 0.199. The second-order valence-corrected chi connectivity index (χ2v) is 3.83. The van der Waals surface area contributed by atoms with Crippen molar-refractivity contribution in [3.05, 3.63) is 63.6 Å². The molecule has 0 fully saturated rings. The fraction of sp³-hybridized carbons (Fsp3) is 0.364. The molecule has 0 bridgehead atoms. The molecule has 1 aromatic heterocycles. The fourth-order valence-corrected chi connectivity index (χ4v) is 1.36. The molecule has 0 aliphatic carbocycles. The summed E-state index contributed by atoms with van der Waals surface area (Å²) in [5, 5.41) is 21.4. The van der Waals surface area contributed by atoms with E-state index < -0.39 is 15.9 Å². The Morgan fingerprint density at radius 3 is 2.75 bits per heavy atom. The number of aromatic nitrogens is 2. The number of hydrogen-bond donors (Lipinski definition) is 0. The number of nitro groups is 2. The maximum Gasteiger partial charge on any atom is 0.287 e. The third-order valence-electron chi connectivity index (χ3n) is 2.44. The predicted octanol–water partition coefficient (Wildman–Crippen LogP) is 1.24. The summed E-state index contributed by atoms with van der Waals surface area (Å²) in [6, 6.07) is -1.20.